The maximum Gasteiger partial charge on any atom is 0.220 e. The molecule has 2 aromatic heterocycles. The first-order valence-electron chi connectivity index (χ1n) is 8.83. The molecule has 1 aromatic carbocycles. The minimum atomic E-state index is 0.120. The van der Waals surface area contributed by atoms with Crippen molar-refractivity contribution >= 4 is 16.8 Å². The molecule has 25 heavy (non-hydrogen) atoms. The third-order valence-corrected chi connectivity index (χ3v) is 4.85. The summed E-state index contributed by atoms with van der Waals surface area (Å²) in [5, 5.41) is 4.29. The molecule has 3 aromatic rings. The van der Waals surface area contributed by atoms with Crippen LogP contribution in [0.1, 0.15) is 29.7 Å². The summed E-state index contributed by atoms with van der Waals surface area (Å²) in [4.78, 5) is 16.2. The number of rotatable bonds is 7. The van der Waals surface area contributed by atoms with Crippen LogP contribution >= 0.6 is 0 Å². The van der Waals surface area contributed by atoms with Gasteiger partial charge in [0.15, 0.2) is 0 Å². The zero-order valence-electron chi connectivity index (χ0n) is 15.2. The highest BCUT2D eigenvalue weighted by Gasteiger charge is 2.13. The van der Waals surface area contributed by atoms with Crippen molar-refractivity contribution in [3.63, 3.8) is 0 Å². The highest BCUT2D eigenvalue weighted by molar-refractivity contribution is 5.87. The van der Waals surface area contributed by atoms with Crippen LogP contribution in [0.2, 0.25) is 0 Å². The molecule has 0 radical (unpaired) electrons. The SMILES string of the molecule is Cc1ccc2c(c1)c(CCC(=O)NCCCn1ccnc1)c(C)n2C. The number of amides is 1. The molecule has 0 unspecified atom stereocenters. The molecular formula is C20H26N4O. The van der Waals surface area contributed by atoms with Gasteiger partial charge in [-0.1, -0.05) is 11.6 Å². The largest absolute Gasteiger partial charge is 0.356 e. The Hall–Kier alpha value is -2.56. The number of nitrogens with one attached hydrogen (secondary N) is 1. The highest BCUT2D eigenvalue weighted by Crippen LogP contribution is 2.27. The summed E-state index contributed by atoms with van der Waals surface area (Å²) in [5.74, 6) is 0.120. The standard InChI is InChI=1S/C20H26N4O/c1-15-5-7-19-18(13-15)17(16(2)23(19)3)6-8-20(25)22-9-4-11-24-12-10-21-14-24/h5,7,10,12-14H,4,6,8-9,11H2,1-3H3,(H,22,25). The van der Waals surface area contributed by atoms with E-state index >= 15 is 0 Å². The molecule has 5 heteroatoms. The van der Waals surface area contributed by atoms with Crippen molar-refractivity contribution in [3.05, 3.63) is 53.7 Å². The molecule has 0 aliphatic carbocycles. The lowest BCUT2D eigenvalue weighted by atomic mass is 10.0. The first-order chi connectivity index (χ1) is 12.1. The summed E-state index contributed by atoms with van der Waals surface area (Å²) < 4.78 is 4.24. The predicted octanol–water partition coefficient (Wildman–Crippen LogP) is 3.13. The van der Waals surface area contributed by atoms with Crippen molar-refractivity contribution < 1.29 is 4.79 Å². The Morgan fingerprint density at radius 1 is 1.28 bits per heavy atom. The topological polar surface area (TPSA) is 51.9 Å². The summed E-state index contributed by atoms with van der Waals surface area (Å²) in [5.41, 5.74) is 5.02. The first kappa shape index (κ1) is 17.3. The van der Waals surface area contributed by atoms with E-state index < -0.39 is 0 Å². The average Bonchev–Trinajstić information content (AvgIpc) is 3.18. The van der Waals surface area contributed by atoms with Crippen molar-refractivity contribution in [1.82, 2.24) is 19.4 Å². The number of carbonyl (C=O) groups is 1. The zero-order chi connectivity index (χ0) is 17.8. The number of hydrogen-bond donors (Lipinski definition) is 1. The molecule has 0 aliphatic heterocycles. The maximum absolute atomic E-state index is 12.2. The average molecular weight is 338 g/mol. The predicted molar refractivity (Wildman–Crippen MR) is 101 cm³/mol. The molecule has 3 rings (SSSR count). The Bertz CT molecular complexity index is 862. The van der Waals surface area contributed by atoms with Crippen LogP contribution in [0.3, 0.4) is 0 Å². The molecule has 0 atom stereocenters. The van der Waals surface area contributed by atoms with Gasteiger partial charge in [0.05, 0.1) is 6.33 Å². The molecule has 1 N–H and O–H groups in total. The van der Waals surface area contributed by atoms with Crippen molar-refractivity contribution in [2.75, 3.05) is 6.54 Å². The molecule has 5 nitrogen and oxygen atoms in total. The second-order valence-electron chi connectivity index (χ2n) is 6.65. The quantitative estimate of drug-likeness (QED) is 0.673. The van der Waals surface area contributed by atoms with Gasteiger partial charge in [0, 0.05) is 55.5 Å². The maximum atomic E-state index is 12.2. The van der Waals surface area contributed by atoms with Crippen molar-refractivity contribution in [2.45, 2.75) is 39.7 Å². The van der Waals surface area contributed by atoms with Gasteiger partial charge in [-0.15, -0.1) is 0 Å². The van der Waals surface area contributed by atoms with E-state index in [9.17, 15) is 4.79 Å². The lowest BCUT2D eigenvalue weighted by Gasteiger charge is -2.06. The first-order valence-corrected chi connectivity index (χ1v) is 8.83. The van der Waals surface area contributed by atoms with Crippen molar-refractivity contribution in [1.29, 1.82) is 0 Å². The van der Waals surface area contributed by atoms with Gasteiger partial charge in [0.25, 0.3) is 0 Å². The summed E-state index contributed by atoms with van der Waals surface area (Å²) in [6.07, 6.45) is 7.72. The van der Waals surface area contributed by atoms with E-state index in [4.69, 9.17) is 0 Å². The lowest BCUT2D eigenvalue weighted by Crippen LogP contribution is -2.25. The van der Waals surface area contributed by atoms with Crippen LogP contribution in [0.15, 0.2) is 36.9 Å². The van der Waals surface area contributed by atoms with Gasteiger partial charge in [-0.05, 0) is 44.4 Å². The van der Waals surface area contributed by atoms with Gasteiger partial charge in [0.2, 0.25) is 5.91 Å². The Morgan fingerprint density at radius 2 is 2.12 bits per heavy atom. The third-order valence-electron chi connectivity index (χ3n) is 4.85. The fraction of sp³-hybridized carbons (Fsp3) is 0.400. The van der Waals surface area contributed by atoms with Crippen molar-refractivity contribution in [2.24, 2.45) is 7.05 Å². The van der Waals surface area contributed by atoms with Crippen LogP contribution in [0.25, 0.3) is 10.9 Å². The van der Waals surface area contributed by atoms with Crippen LogP contribution in [-0.4, -0.2) is 26.6 Å². The molecular weight excluding hydrogens is 312 g/mol. The summed E-state index contributed by atoms with van der Waals surface area (Å²) in [6.45, 7) is 5.82. The molecule has 0 aliphatic rings. The van der Waals surface area contributed by atoms with Gasteiger partial charge in [-0.3, -0.25) is 4.79 Å². The van der Waals surface area contributed by atoms with Crippen LogP contribution in [-0.2, 0) is 24.8 Å². The summed E-state index contributed by atoms with van der Waals surface area (Å²) in [7, 11) is 2.09. The number of aryl methyl sites for hydroxylation is 4. The number of fused-ring (bicyclic) bond motifs is 1. The molecule has 0 saturated heterocycles. The van der Waals surface area contributed by atoms with E-state index in [-0.39, 0.29) is 5.91 Å². The van der Waals surface area contributed by atoms with Gasteiger partial charge in [0.1, 0.15) is 0 Å². The summed E-state index contributed by atoms with van der Waals surface area (Å²) in [6, 6.07) is 6.52. The van der Waals surface area contributed by atoms with Crippen LogP contribution in [0.5, 0.6) is 0 Å². The van der Waals surface area contributed by atoms with E-state index in [0.29, 0.717) is 13.0 Å². The van der Waals surface area contributed by atoms with Crippen LogP contribution in [0.4, 0.5) is 0 Å². The third kappa shape index (κ3) is 3.92. The number of aromatic nitrogens is 3. The van der Waals surface area contributed by atoms with Gasteiger partial charge in [-0.2, -0.15) is 0 Å². The molecule has 0 fully saturated rings. The summed E-state index contributed by atoms with van der Waals surface area (Å²) >= 11 is 0. The van der Waals surface area contributed by atoms with Crippen molar-refractivity contribution in [3.8, 4) is 0 Å². The molecule has 132 valence electrons. The number of nitrogens with zero attached hydrogens (tertiary/aromatic N) is 3. The molecule has 1 amide bonds. The lowest BCUT2D eigenvalue weighted by molar-refractivity contribution is -0.121. The van der Waals surface area contributed by atoms with Gasteiger partial charge in [-0.25, -0.2) is 4.98 Å². The number of imidazole rings is 1. The van der Waals surface area contributed by atoms with E-state index in [1.165, 1.54) is 27.7 Å². The molecule has 2 heterocycles. The molecule has 0 saturated carbocycles. The zero-order valence-corrected chi connectivity index (χ0v) is 15.2. The normalized spacial score (nSPS) is 11.2. The van der Waals surface area contributed by atoms with E-state index in [1.54, 1.807) is 12.5 Å². The Balaban J connectivity index is 1.54. The van der Waals surface area contributed by atoms with Gasteiger partial charge < -0.3 is 14.5 Å². The number of hydrogen-bond acceptors (Lipinski definition) is 2. The minimum absolute atomic E-state index is 0.120. The second-order valence-corrected chi connectivity index (χ2v) is 6.65. The number of carbonyl (C=O) groups excluding carboxylic acids is 1. The van der Waals surface area contributed by atoms with E-state index in [1.807, 2.05) is 10.8 Å². The van der Waals surface area contributed by atoms with E-state index in [2.05, 4.69) is 54.0 Å². The second kappa shape index (κ2) is 7.55. The number of benzene rings is 1. The Kier molecular flexibility index (Phi) is 5.22. The van der Waals surface area contributed by atoms with E-state index in [0.717, 1.165) is 19.4 Å². The fourth-order valence-corrected chi connectivity index (χ4v) is 3.31. The van der Waals surface area contributed by atoms with Crippen LogP contribution < -0.4 is 5.32 Å². The fourth-order valence-electron chi connectivity index (χ4n) is 3.31. The van der Waals surface area contributed by atoms with Crippen LogP contribution in [0, 0.1) is 13.8 Å². The highest BCUT2D eigenvalue weighted by atomic mass is 16.1. The minimum Gasteiger partial charge on any atom is -0.356 e. The van der Waals surface area contributed by atoms with Gasteiger partial charge >= 0.3 is 0 Å². The Morgan fingerprint density at radius 3 is 2.88 bits per heavy atom. The molecule has 0 bridgehead atoms. The Labute approximate surface area is 148 Å². The smallest absolute Gasteiger partial charge is 0.220 e. The molecule has 0 spiro atoms. The monoisotopic (exact) mass is 338 g/mol.